The van der Waals surface area contributed by atoms with E-state index in [0.29, 0.717) is 6.07 Å². The fourth-order valence-corrected chi connectivity index (χ4v) is 2.37. The van der Waals surface area contributed by atoms with Crippen molar-refractivity contribution in [3.8, 4) is 0 Å². The molecule has 1 aromatic rings. The van der Waals surface area contributed by atoms with Crippen molar-refractivity contribution in [1.82, 2.24) is 0 Å². The largest absolute Gasteiger partial charge is 0.388 e. The van der Waals surface area contributed by atoms with Crippen LogP contribution in [-0.4, -0.2) is 11.0 Å². The van der Waals surface area contributed by atoms with Gasteiger partial charge in [0.1, 0.15) is 11.6 Å². The molecule has 1 atom stereocenters. The quantitative estimate of drug-likeness (QED) is 0.803. The summed E-state index contributed by atoms with van der Waals surface area (Å²) < 4.78 is 52.1. The van der Waals surface area contributed by atoms with Gasteiger partial charge in [-0.3, -0.25) is 0 Å². The van der Waals surface area contributed by atoms with Gasteiger partial charge in [-0.25, -0.2) is 17.6 Å². The Hall–Kier alpha value is -1.10. The zero-order valence-corrected chi connectivity index (χ0v) is 9.67. The van der Waals surface area contributed by atoms with Crippen LogP contribution in [0.1, 0.15) is 37.4 Å². The minimum atomic E-state index is -2.68. The summed E-state index contributed by atoms with van der Waals surface area (Å²) in [5.41, 5.74) is -0.0217. The number of aliphatic hydroxyl groups is 1. The summed E-state index contributed by atoms with van der Waals surface area (Å²) in [6.45, 7) is 0. The molecule has 1 aliphatic rings. The first-order chi connectivity index (χ1) is 8.39. The lowest BCUT2D eigenvalue weighted by molar-refractivity contribution is -0.0630. The van der Waals surface area contributed by atoms with Crippen LogP contribution in [0.15, 0.2) is 18.2 Å². The van der Waals surface area contributed by atoms with Crippen molar-refractivity contribution in [3.63, 3.8) is 0 Å². The summed E-state index contributed by atoms with van der Waals surface area (Å²) in [6, 6.07) is 2.91. The number of benzene rings is 1. The van der Waals surface area contributed by atoms with E-state index in [1.165, 1.54) is 6.07 Å². The summed E-state index contributed by atoms with van der Waals surface area (Å²) in [4.78, 5) is 0. The monoisotopic (exact) mass is 262 g/mol. The first kappa shape index (κ1) is 13.3. The Balaban J connectivity index is 2.10. The van der Waals surface area contributed by atoms with E-state index in [-0.39, 0.29) is 31.2 Å². The Kier molecular flexibility index (Phi) is 3.61. The zero-order chi connectivity index (χ0) is 13.3. The number of aliphatic hydroxyl groups excluding tert-OH is 1. The lowest BCUT2D eigenvalue weighted by Crippen LogP contribution is -2.28. The molecule has 1 N–H and O–H groups in total. The van der Waals surface area contributed by atoms with E-state index in [9.17, 15) is 22.7 Å². The van der Waals surface area contributed by atoms with Gasteiger partial charge < -0.3 is 5.11 Å². The van der Waals surface area contributed by atoms with Crippen molar-refractivity contribution in [2.45, 2.75) is 37.7 Å². The van der Waals surface area contributed by atoms with Crippen LogP contribution in [0.2, 0.25) is 0 Å². The van der Waals surface area contributed by atoms with E-state index in [2.05, 4.69) is 0 Å². The Bertz CT molecular complexity index is 423. The van der Waals surface area contributed by atoms with Gasteiger partial charge in [0.25, 0.3) is 0 Å². The number of halogens is 4. The van der Waals surface area contributed by atoms with E-state index < -0.39 is 29.6 Å². The van der Waals surface area contributed by atoms with Crippen LogP contribution in [0, 0.1) is 17.6 Å². The molecule has 0 radical (unpaired) electrons. The molecule has 18 heavy (non-hydrogen) atoms. The number of hydrogen-bond acceptors (Lipinski definition) is 1. The lowest BCUT2D eigenvalue weighted by Gasteiger charge is -2.31. The average molecular weight is 262 g/mol. The van der Waals surface area contributed by atoms with E-state index in [0.717, 1.165) is 6.07 Å². The summed E-state index contributed by atoms with van der Waals surface area (Å²) in [6.07, 6.45) is -1.45. The normalized spacial score (nSPS) is 21.8. The SMILES string of the molecule is OC(c1ccc(F)cc1F)C1CCC(F)(F)CC1. The second-order valence-corrected chi connectivity index (χ2v) is 4.80. The van der Waals surface area contributed by atoms with Gasteiger partial charge in [0, 0.05) is 24.5 Å². The predicted octanol–water partition coefficient (Wildman–Crippen LogP) is 3.82. The molecule has 1 unspecified atom stereocenters. The van der Waals surface area contributed by atoms with E-state index >= 15 is 0 Å². The maximum atomic E-state index is 13.5. The van der Waals surface area contributed by atoms with E-state index in [1.54, 1.807) is 0 Å². The van der Waals surface area contributed by atoms with Crippen LogP contribution in [0.3, 0.4) is 0 Å². The highest BCUT2D eigenvalue weighted by Crippen LogP contribution is 2.41. The van der Waals surface area contributed by atoms with Gasteiger partial charge in [-0.2, -0.15) is 0 Å². The van der Waals surface area contributed by atoms with Crippen molar-refractivity contribution in [1.29, 1.82) is 0 Å². The molecule has 0 saturated heterocycles. The minimum Gasteiger partial charge on any atom is -0.388 e. The third kappa shape index (κ3) is 2.83. The maximum absolute atomic E-state index is 13.5. The summed E-state index contributed by atoms with van der Waals surface area (Å²) in [5, 5.41) is 9.98. The summed E-state index contributed by atoms with van der Waals surface area (Å²) in [7, 11) is 0. The Labute approximate surface area is 102 Å². The van der Waals surface area contributed by atoms with Gasteiger partial charge in [0.15, 0.2) is 0 Å². The fourth-order valence-electron chi connectivity index (χ4n) is 2.37. The van der Waals surface area contributed by atoms with Crippen LogP contribution in [-0.2, 0) is 0 Å². The Morgan fingerprint density at radius 2 is 1.78 bits per heavy atom. The van der Waals surface area contributed by atoms with Crippen LogP contribution in [0.4, 0.5) is 17.6 Å². The second-order valence-electron chi connectivity index (χ2n) is 4.80. The Morgan fingerprint density at radius 1 is 1.17 bits per heavy atom. The predicted molar refractivity (Wildman–Crippen MR) is 58.2 cm³/mol. The molecule has 0 aromatic heterocycles. The lowest BCUT2D eigenvalue weighted by atomic mass is 9.81. The fraction of sp³-hybridized carbons (Fsp3) is 0.538. The molecule has 2 rings (SSSR count). The van der Waals surface area contributed by atoms with E-state index in [4.69, 9.17) is 0 Å². The molecular formula is C13H14F4O. The Morgan fingerprint density at radius 3 is 2.33 bits per heavy atom. The molecule has 0 aliphatic heterocycles. The van der Waals surface area contributed by atoms with Crippen molar-refractivity contribution in [2.24, 2.45) is 5.92 Å². The van der Waals surface area contributed by atoms with Crippen molar-refractivity contribution >= 4 is 0 Å². The number of rotatable bonds is 2. The van der Waals surface area contributed by atoms with Crippen LogP contribution < -0.4 is 0 Å². The van der Waals surface area contributed by atoms with Gasteiger partial charge in [-0.15, -0.1) is 0 Å². The van der Waals surface area contributed by atoms with Crippen molar-refractivity contribution in [2.75, 3.05) is 0 Å². The van der Waals surface area contributed by atoms with Crippen LogP contribution in [0.25, 0.3) is 0 Å². The van der Waals surface area contributed by atoms with Crippen LogP contribution in [0.5, 0.6) is 0 Å². The molecule has 1 fully saturated rings. The van der Waals surface area contributed by atoms with Crippen molar-refractivity contribution < 1.29 is 22.7 Å². The highest BCUT2D eigenvalue weighted by atomic mass is 19.3. The third-order valence-electron chi connectivity index (χ3n) is 3.49. The van der Waals surface area contributed by atoms with Crippen molar-refractivity contribution in [3.05, 3.63) is 35.4 Å². The summed E-state index contributed by atoms with van der Waals surface area (Å²) in [5.74, 6) is -4.64. The van der Waals surface area contributed by atoms with Gasteiger partial charge in [0.05, 0.1) is 6.10 Å². The first-order valence-corrected chi connectivity index (χ1v) is 5.90. The zero-order valence-electron chi connectivity index (χ0n) is 9.67. The molecule has 0 heterocycles. The minimum absolute atomic E-state index is 0.0217. The third-order valence-corrected chi connectivity index (χ3v) is 3.49. The number of alkyl halides is 2. The molecule has 1 nitrogen and oxygen atoms in total. The average Bonchev–Trinajstić information content (AvgIpc) is 2.28. The first-order valence-electron chi connectivity index (χ1n) is 5.90. The second kappa shape index (κ2) is 4.88. The van der Waals surface area contributed by atoms with Crippen LogP contribution >= 0.6 is 0 Å². The molecule has 5 heteroatoms. The smallest absolute Gasteiger partial charge is 0.248 e. The van der Waals surface area contributed by atoms with E-state index in [1.807, 2.05) is 0 Å². The standard InChI is InChI=1S/C13H14F4O/c14-9-1-2-10(11(15)7-9)12(18)8-3-5-13(16,17)6-4-8/h1-2,7-8,12,18H,3-6H2. The molecule has 1 saturated carbocycles. The van der Waals surface area contributed by atoms with Gasteiger partial charge in [-0.05, 0) is 24.8 Å². The van der Waals surface area contributed by atoms with Gasteiger partial charge >= 0.3 is 0 Å². The van der Waals surface area contributed by atoms with Gasteiger partial charge in [-0.1, -0.05) is 6.07 Å². The number of hydrogen-bond donors (Lipinski definition) is 1. The summed E-state index contributed by atoms with van der Waals surface area (Å²) >= 11 is 0. The molecule has 0 bridgehead atoms. The highest BCUT2D eigenvalue weighted by Gasteiger charge is 2.38. The topological polar surface area (TPSA) is 20.2 Å². The molecule has 0 spiro atoms. The highest BCUT2D eigenvalue weighted by molar-refractivity contribution is 5.21. The molecule has 100 valence electrons. The molecular weight excluding hydrogens is 248 g/mol. The molecule has 0 amide bonds. The molecule has 1 aromatic carbocycles. The molecule has 1 aliphatic carbocycles. The maximum Gasteiger partial charge on any atom is 0.248 e. The van der Waals surface area contributed by atoms with Gasteiger partial charge in [0.2, 0.25) is 5.92 Å².